The second-order valence-electron chi connectivity index (χ2n) is 5.09. The van der Waals surface area contributed by atoms with E-state index in [4.69, 9.17) is 17.3 Å². The van der Waals surface area contributed by atoms with Crippen LogP contribution in [-0.4, -0.2) is 6.54 Å². The lowest BCUT2D eigenvalue weighted by Crippen LogP contribution is -2.07. The highest BCUT2D eigenvalue weighted by molar-refractivity contribution is 6.30. The first kappa shape index (κ1) is 14.1. The van der Waals surface area contributed by atoms with Crippen LogP contribution < -0.4 is 5.73 Å². The Labute approximate surface area is 120 Å². The monoisotopic (exact) mass is 273 g/mol. The Balaban J connectivity index is 2.08. The van der Waals surface area contributed by atoms with Crippen LogP contribution in [0.15, 0.2) is 48.5 Å². The molecule has 0 spiro atoms. The Morgan fingerprint density at radius 3 is 2.00 bits per heavy atom. The second kappa shape index (κ2) is 6.74. The maximum absolute atomic E-state index is 5.90. The summed E-state index contributed by atoms with van der Waals surface area (Å²) in [7, 11) is 0. The maximum atomic E-state index is 5.90. The lowest BCUT2D eigenvalue weighted by molar-refractivity contribution is 0.538. The molecule has 0 aliphatic rings. The minimum atomic E-state index is 0.645. The van der Waals surface area contributed by atoms with Gasteiger partial charge >= 0.3 is 0 Å². The quantitative estimate of drug-likeness (QED) is 0.851. The minimum absolute atomic E-state index is 0.645. The molecule has 1 unspecified atom stereocenters. The van der Waals surface area contributed by atoms with Crippen LogP contribution in [0.1, 0.15) is 18.9 Å². The summed E-state index contributed by atoms with van der Waals surface area (Å²) in [5.41, 5.74) is 9.39. The maximum Gasteiger partial charge on any atom is 0.0406 e. The van der Waals surface area contributed by atoms with Gasteiger partial charge in [0, 0.05) is 5.02 Å². The standard InChI is InChI=1S/C17H20ClN/c1-13(10-11-19)12-14-2-4-15(5-3-14)16-6-8-17(18)9-7-16/h2-9,13H,10-12,19H2,1H3. The van der Waals surface area contributed by atoms with Gasteiger partial charge in [-0.25, -0.2) is 0 Å². The molecule has 2 aromatic rings. The van der Waals surface area contributed by atoms with Gasteiger partial charge in [0.2, 0.25) is 0 Å². The third-order valence-electron chi connectivity index (χ3n) is 3.38. The summed E-state index contributed by atoms with van der Waals surface area (Å²) < 4.78 is 0. The van der Waals surface area contributed by atoms with Gasteiger partial charge in [0.05, 0.1) is 0 Å². The molecule has 2 heteroatoms. The molecule has 0 amide bonds. The highest BCUT2D eigenvalue weighted by Crippen LogP contribution is 2.22. The Kier molecular flexibility index (Phi) is 5.00. The average molecular weight is 274 g/mol. The number of halogens is 1. The van der Waals surface area contributed by atoms with Crippen molar-refractivity contribution in [3.8, 4) is 11.1 Å². The first-order valence-electron chi connectivity index (χ1n) is 6.74. The van der Waals surface area contributed by atoms with E-state index in [2.05, 4.69) is 31.2 Å². The van der Waals surface area contributed by atoms with Crippen LogP contribution in [-0.2, 0) is 6.42 Å². The smallest absolute Gasteiger partial charge is 0.0406 e. The lowest BCUT2D eigenvalue weighted by Gasteiger charge is -2.10. The van der Waals surface area contributed by atoms with E-state index in [-0.39, 0.29) is 0 Å². The highest BCUT2D eigenvalue weighted by Gasteiger charge is 2.03. The van der Waals surface area contributed by atoms with E-state index in [9.17, 15) is 0 Å². The molecular formula is C17H20ClN. The summed E-state index contributed by atoms with van der Waals surface area (Å²) in [6.07, 6.45) is 2.18. The molecule has 0 bridgehead atoms. The van der Waals surface area contributed by atoms with Crippen LogP contribution in [0.2, 0.25) is 5.02 Å². The topological polar surface area (TPSA) is 26.0 Å². The molecule has 1 nitrogen and oxygen atoms in total. The predicted octanol–water partition coefficient (Wildman–Crippen LogP) is 4.53. The first-order valence-corrected chi connectivity index (χ1v) is 7.12. The summed E-state index contributed by atoms with van der Waals surface area (Å²) >= 11 is 5.90. The van der Waals surface area contributed by atoms with Crippen LogP contribution in [0.3, 0.4) is 0 Å². The second-order valence-corrected chi connectivity index (χ2v) is 5.53. The third-order valence-corrected chi connectivity index (χ3v) is 3.63. The number of benzene rings is 2. The first-order chi connectivity index (χ1) is 9.19. The van der Waals surface area contributed by atoms with E-state index in [1.54, 1.807) is 0 Å². The molecule has 19 heavy (non-hydrogen) atoms. The van der Waals surface area contributed by atoms with Crippen molar-refractivity contribution in [3.05, 3.63) is 59.1 Å². The summed E-state index contributed by atoms with van der Waals surface area (Å²) in [5, 5.41) is 0.774. The summed E-state index contributed by atoms with van der Waals surface area (Å²) in [6.45, 7) is 3.02. The number of rotatable bonds is 5. The average Bonchev–Trinajstić information content (AvgIpc) is 2.41. The van der Waals surface area contributed by atoms with E-state index in [1.807, 2.05) is 24.3 Å². The molecule has 100 valence electrons. The molecule has 0 radical (unpaired) electrons. The van der Waals surface area contributed by atoms with E-state index >= 15 is 0 Å². The molecule has 2 N–H and O–H groups in total. The molecule has 0 aliphatic carbocycles. The number of nitrogens with two attached hydrogens (primary N) is 1. The Morgan fingerprint density at radius 1 is 0.947 bits per heavy atom. The fraction of sp³-hybridized carbons (Fsp3) is 0.294. The van der Waals surface area contributed by atoms with E-state index in [0.717, 1.165) is 24.4 Å². The van der Waals surface area contributed by atoms with Gasteiger partial charge in [-0.2, -0.15) is 0 Å². The summed E-state index contributed by atoms with van der Waals surface area (Å²) in [4.78, 5) is 0. The van der Waals surface area contributed by atoms with Crippen molar-refractivity contribution < 1.29 is 0 Å². The van der Waals surface area contributed by atoms with E-state index in [1.165, 1.54) is 16.7 Å². The normalized spacial score (nSPS) is 12.4. The number of hydrogen-bond acceptors (Lipinski definition) is 1. The van der Waals surface area contributed by atoms with Crippen molar-refractivity contribution in [1.82, 2.24) is 0 Å². The van der Waals surface area contributed by atoms with Gasteiger partial charge in [-0.05, 0) is 54.1 Å². The van der Waals surface area contributed by atoms with Crippen LogP contribution in [0.4, 0.5) is 0 Å². The molecule has 0 aliphatic heterocycles. The Morgan fingerprint density at radius 2 is 1.47 bits per heavy atom. The summed E-state index contributed by atoms with van der Waals surface area (Å²) in [6, 6.07) is 16.7. The van der Waals surface area contributed by atoms with E-state index in [0.29, 0.717) is 5.92 Å². The van der Waals surface area contributed by atoms with Gasteiger partial charge in [0.15, 0.2) is 0 Å². The molecule has 0 heterocycles. The third kappa shape index (κ3) is 4.09. The minimum Gasteiger partial charge on any atom is -0.330 e. The van der Waals surface area contributed by atoms with Crippen LogP contribution >= 0.6 is 11.6 Å². The molecule has 2 rings (SSSR count). The van der Waals surface area contributed by atoms with Crippen molar-refractivity contribution >= 4 is 11.6 Å². The van der Waals surface area contributed by atoms with Crippen LogP contribution in [0.25, 0.3) is 11.1 Å². The zero-order valence-electron chi connectivity index (χ0n) is 11.3. The van der Waals surface area contributed by atoms with Crippen LogP contribution in [0, 0.1) is 5.92 Å². The molecule has 1 atom stereocenters. The Hall–Kier alpha value is -1.31. The lowest BCUT2D eigenvalue weighted by atomic mass is 9.96. The van der Waals surface area contributed by atoms with Crippen molar-refractivity contribution in [2.75, 3.05) is 6.54 Å². The largest absolute Gasteiger partial charge is 0.330 e. The van der Waals surface area contributed by atoms with Crippen molar-refractivity contribution in [1.29, 1.82) is 0 Å². The van der Waals surface area contributed by atoms with Gasteiger partial charge in [0.1, 0.15) is 0 Å². The Bertz CT molecular complexity index is 502. The fourth-order valence-electron chi connectivity index (χ4n) is 2.26. The van der Waals surface area contributed by atoms with Gasteiger partial charge < -0.3 is 5.73 Å². The predicted molar refractivity (Wildman–Crippen MR) is 83.4 cm³/mol. The molecule has 0 saturated heterocycles. The zero-order valence-corrected chi connectivity index (χ0v) is 12.0. The SMILES string of the molecule is CC(CCN)Cc1ccc(-c2ccc(Cl)cc2)cc1. The van der Waals surface area contributed by atoms with E-state index < -0.39 is 0 Å². The highest BCUT2D eigenvalue weighted by atomic mass is 35.5. The van der Waals surface area contributed by atoms with Crippen molar-refractivity contribution in [2.24, 2.45) is 11.7 Å². The van der Waals surface area contributed by atoms with Gasteiger partial charge in [-0.3, -0.25) is 0 Å². The summed E-state index contributed by atoms with van der Waals surface area (Å²) in [5.74, 6) is 0.645. The number of hydrogen-bond donors (Lipinski definition) is 1. The fourth-order valence-corrected chi connectivity index (χ4v) is 2.39. The molecular weight excluding hydrogens is 254 g/mol. The molecule has 0 aromatic heterocycles. The molecule has 0 saturated carbocycles. The molecule has 2 aromatic carbocycles. The van der Waals surface area contributed by atoms with Gasteiger partial charge in [-0.15, -0.1) is 0 Å². The van der Waals surface area contributed by atoms with Gasteiger partial charge in [0.25, 0.3) is 0 Å². The van der Waals surface area contributed by atoms with Gasteiger partial charge in [-0.1, -0.05) is 54.9 Å². The molecule has 0 fully saturated rings. The van der Waals surface area contributed by atoms with Crippen molar-refractivity contribution in [3.63, 3.8) is 0 Å². The zero-order chi connectivity index (χ0) is 13.7. The van der Waals surface area contributed by atoms with Crippen LogP contribution in [0.5, 0.6) is 0 Å². The van der Waals surface area contributed by atoms with Crippen molar-refractivity contribution in [2.45, 2.75) is 19.8 Å².